The smallest absolute Gasteiger partial charge is 0.124 e. The van der Waals surface area contributed by atoms with Crippen LogP contribution in [0.5, 0.6) is 5.75 Å². The minimum Gasteiger partial charge on any atom is -0.491 e. The first-order valence-electron chi connectivity index (χ1n) is 6.33. The molecule has 0 saturated heterocycles. The lowest BCUT2D eigenvalue weighted by atomic mass is 10.2. The van der Waals surface area contributed by atoms with Crippen molar-refractivity contribution in [3.63, 3.8) is 0 Å². The van der Waals surface area contributed by atoms with Gasteiger partial charge in [0.15, 0.2) is 0 Å². The third-order valence-corrected chi connectivity index (χ3v) is 4.27. The van der Waals surface area contributed by atoms with E-state index in [1.165, 1.54) is 10.4 Å². The van der Waals surface area contributed by atoms with E-state index in [4.69, 9.17) is 4.74 Å². The third kappa shape index (κ3) is 4.64. The summed E-state index contributed by atoms with van der Waals surface area (Å²) in [4.78, 5) is 1.33. The van der Waals surface area contributed by atoms with Crippen LogP contribution in [0.2, 0.25) is 0 Å². The second-order valence-electron chi connectivity index (χ2n) is 4.61. The molecule has 0 aliphatic heterocycles. The van der Waals surface area contributed by atoms with Crippen LogP contribution in [0.3, 0.4) is 0 Å². The van der Waals surface area contributed by atoms with Crippen LogP contribution in [0.4, 0.5) is 0 Å². The Morgan fingerprint density at radius 1 is 1.26 bits per heavy atom. The second kappa shape index (κ2) is 7.08. The van der Waals surface area contributed by atoms with Crippen molar-refractivity contribution in [1.29, 1.82) is 0 Å². The number of rotatable bonds is 6. The average Bonchev–Trinajstić information content (AvgIpc) is 2.77. The number of ether oxygens (including phenoxy) is 1. The molecule has 0 radical (unpaired) electrons. The molecule has 102 valence electrons. The van der Waals surface area contributed by atoms with Crippen molar-refractivity contribution in [2.45, 2.75) is 33.0 Å². The zero-order valence-corrected chi connectivity index (χ0v) is 13.6. The van der Waals surface area contributed by atoms with Crippen LogP contribution in [0.25, 0.3) is 0 Å². The molecule has 1 heterocycles. The SMILES string of the molecule is CC(C)Oc1ccccc1CNCc1cc(Br)cs1. The van der Waals surface area contributed by atoms with Crippen molar-refractivity contribution in [2.75, 3.05) is 0 Å². The van der Waals surface area contributed by atoms with Gasteiger partial charge in [0, 0.05) is 33.4 Å². The van der Waals surface area contributed by atoms with Gasteiger partial charge in [0.2, 0.25) is 0 Å². The molecule has 0 fully saturated rings. The van der Waals surface area contributed by atoms with Crippen molar-refractivity contribution < 1.29 is 4.74 Å². The molecule has 0 atom stereocenters. The molecule has 2 rings (SSSR count). The first-order valence-corrected chi connectivity index (χ1v) is 8.00. The van der Waals surface area contributed by atoms with E-state index in [9.17, 15) is 0 Å². The van der Waals surface area contributed by atoms with Gasteiger partial charge in [0.25, 0.3) is 0 Å². The van der Waals surface area contributed by atoms with Gasteiger partial charge in [0.05, 0.1) is 6.10 Å². The molecule has 2 nitrogen and oxygen atoms in total. The summed E-state index contributed by atoms with van der Waals surface area (Å²) in [5.41, 5.74) is 1.20. The van der Waals surface area contributed by atoms with Gasteiger partial charge >= 0.3 is 0 Å². The first-order chi connectivity index (χ1) is 9.15. The lowest BCUT2D eigenvalue weighted by Gasteiger charge is -2.14. The van der Waals surface area contributed by atoms with Gasteiger partial charge in [-0.15, -0.1) is 11.3 Å². The topological polar surface area (TPSA) is 21.3 Å². The largest absolute Gasteiger partial charge is 0.491 e. The molecule has 0 saturated carbocycles. The molecule has 1 aromatic carbocycles. The van der Waals surface area contributed by atoms with E-state index >= 15 is 0 Å². The standard InChI is InChI=1S/C15H18BrNOS/c1-11(2)18-15-6-4-3-5-12(15)8-17-9-14-7-13(16)10-19-14/h3-7,10-11,17H,8-9H2,1-2H3. The average molecular weight is 340 g/mol. The minimum absolute atomic E-state index is 0.203. The van der Waals surface area contributed by atoms with E-state index in [1.807, 2.05) is 32.0 Å². The maximum absolute atomic E-state index is 5.81. The summed E-state index contributed by atoms with van der Waals surface area (Å²) in [7, 11) is 0. The Morgan fingerprint density at radius 2 is 2.05 bits per heavy atom. The molecule has 0 aliphatic carbocycles. The highest BCUT2D eigenvalue weighted by Gasteiger charge is 2.05. The molecule has 2 aromatic rings. The van der Waals surface area contributed by atoms with E-state index in [0.717, 1.165) is 23.3 Å². The summed E-state index contributed by atoms with van der Waals surface area (Å²) in [6, 6.07) is 10.3. The molecule has 0 spiro atoms. The second-order valence-corrected chi connectivity index (χ2v) is 6.52. The fourth-order valence-electron chi connectivity index (χ4n) is 1.79. The highest BCUT2D eigenvalue weighted by molar-refractivity contribution is 9.10. The van der Waals surface area contributed by atoms with Crippen molar-refractivity contribution in [2.24, 2.45) is 0 Å². The van der Waals surface area contributed by atoms with E-state index < -0.39 is 0 Å². The first kappa shape index (κ1) is 14.6. The monoisotopic (exact) mass is 339 g/mol. The summed E-state index contributed by atoms with van der Waals surface area (Å²) >= 11 is 5.23. The lowest BCUT2D eigenvalue weighted by Crippen LogP contribution is -2.14. The number of benzene rings is 1. The van der Waals surface area contributed by atoms with E-state index in [2.05, 4.69) is 38.8 Å². The predicted octanol–water partition coefficient (Wildman–Crippen LogP) is 4.59. The zero-order chi connectivity index (χ0) is 13.7. The third-order valence-electron chi connectivity index (χ3n) is 2.57. The van der Waals surface area contributed by atoms with Gasteiger partial charge in [-0.25, -0.2) is 0 Å². The Hall–Kier alpha value is -0.840. The molecule has 0 amide bonds. The van der Waals surface area contributed by atoms with Crippen molar-refractivity contribution >= 4 is 27.3 Å². The Kier molecular flexibility index (Phi) is 5.43. The lowest BCUT2D eigenvalue weighted by molar-refractivity contribution is 0.239. The van der Waals surface area contributed by atoms with Crippen LogP contribution in [0, 0.1) is 0 Å². The number of nitrogens with one attached hydrogen (secondary N) is 1. The van der Waals surface area contributed by atoms with Crippen LogP contribution in [-0.4, -0.2) is 6.10 Å². The van der Waals surface area contributed by atoms with Gasteiger partial charge in [-0.2, -0.15) is 0 Å². The Balaban J connectivity index is 1.92. The van der Waals surface area contributed by atoms with E-state index in [-0.39, 0.29) is 6.10 Å². The van der Waals surface area contributed by atoms with Crippen LogP contribution in [0.1, 0.15) is 24.3 Å². The number of hydrogen-bond donors (Lipinski definition) is 1. The van der Waals surface area contributed by atoms with Crippen LogP contribution in [-0.2, 0) is 13.1 Å². The molecule has 0 bridgehead atoms. The van der Waals surface area contributed by atoms with Crippen LogP contribution >= 0.6 is 27.3 Å². The summed E-state index contributed by atoms with van der Waals surface area (Å²) in [6.07, 6.45) is 0.203. The number of para-hydroxylation sites is 1. The highest BCUT2D eigenvalue weighted by atomic mass is 79.9. The van der Waals surface area contributed by atoms with Gasteiger partial charge in [-0.3, -0.25) is 0 Å². The summed E-state index contributed by atoms with van der Waals surface area (Å²) in [5, 5.41) is 5.56. The zero-order valence-electron chi connectivity index (χ0n) is 11.2. The molecule has 1 N–H and O–H groups in total. The number of thiophene rings is 1. The predicted molar refractivity (Wildman–Crippen MR) is 84.8 cm³/mol. The Bertz CT molecular complexity index is 524. The van der Waals surface area contributed by atoms with Crippen LogP contribution < -0.4 is 10.1 Å². The van der Waals surface area contributed by atoms with Crippen molar-refractivity contribution in [3.05, 3.63) is 50.6 Å². The highest BCUT2D eigenvalue weighted by Crippen LogP contribution is 2.21. The van der Waals surface area contributed by atoms with Crippen molar-refractivity contribution in [1.82, 2.24) is 5.32 Å². The summed E-state index contributed by atoms with van der Waals surface area (Å²) in [5.74, 6) is 0.970. The van der Waals surface area contributed by atoms with E-state index in [1.54, 1.807) is 11.3 Å². The normalized spacial score (nSPS) is 10.9. The summed E-state index contributed by atoms with van der Waals surface area (Å²) in [6.45, 7) is 5.80. The molecule has 0 unspecified atom stereocenters. The van der Waals surface area contributed by atoms with E-state index in [0.29, 0.717) is 0 Å². The maximum atomic E-state index is 5.81. The van der Waals surface area contributed by atoms with Gasteiger partial charge < -0.3 is 10.1 Å². The van der Waals surface area contributed by atoms with Crippen LogP contribution in [0.15, 0.2) is 40.2 Å². The Labute approximate surface area is 126 Å². The maximum Gasteiger partial charge on any atom is 0.124 e. The van der Waals surface area contributed by atoms with Crippen molar-refractivity contribution in [3.8, 4) is 5.75 Å². The number of hydrogen-bond acceptors (Lipinski definition) is 3. The molecule has 1 aromatic heterocycles. The fraction of sp³-hybridized carbons (Fsp3) is 0.333. The fourth-order valence-corrected chi connectivity index (χ4v) is 3.21. The van der Waals surface area contributed by atoms with Gasteiger partial charge in [-0.1, -0.05) is 18.2 Å². The number of halogens is 1. The molecular formula is C15H18BrNOS. The van der Waals surface area contributed by atoms with Gasteiger partial charge in [-0.05, 0) is 41.9 Å². The molecule has 4 heteroatoms. The Morgan fingerprint density at radius 3 is 2.74 bits per heavy atom. The summed E-state index contributed by atoms with van der Waals surface area (Å²) < 4.78 is 6.96. The molecule has 19 heavy (non-hydrogen) atoms. The molecule has 0 aliphatic rings. The van der Waals surface area contributed by atoms with Gasteiger partial charge in [0.1, 0.15) is 5.75 Å². The quantitative estimate of drug-likeness (QED) is 0.831. The molecular weight excluding hydrogens is 322 g/mol. The minimum atomic E-state index is 0.203.